The van der Waals surface area contributed by atoms with E-state index in [9.17, 15) is 19.5 Å². The highest BCUT2D eigenvalue weighted by molar-refractivity contribution is 5.97. The Morgan fingerprint density at radius 1 is 1.32 bits per heavy atom. The first kappa shape index (κ1) is 15.7. The van der Waals surface area contributed by atoms with Crippen molar-refractivity contribution in [3.8, 4) is 6.07 Å². The van der Waals surface area contributed by atoms with Gasteiger partial charge in [-0.2, -0.15) is 5.26 Å². The first-order valence-electron chi connectivity index (χ1n) is 7.07. The predicted molar refractivity (Wildman–Crippen MR) is 77.0 cm³/mol. The molecule has 1 fully saturated rings. The quantitative estimate of drug-likeness (QED) is 0.876. The van der Waals surface area contributed by atoms with E-state index in [0.717, 1.165) is 0 Å². The van der Waals surface area contributed by atoms with Gasteiger partial charge in [0.2, 0.25) is 0 Å². The Morgan fingerprint density at radius 3 is 2.55 bits per heavy atom. The number of aliphatic carboxylic acids is 1. The SMILES string of the molecule is N#Cc1ccc(C(=O)N[C@@H](C(=O)O)[C@@H]2CCCC(=O)C2)cc1. The van der Waals surface area contributed by atoms with Crippen LogP contribution in [0.3, 0.4) is 0 Å². The van der Waals surface area contributed by atoms with E-state index >= 15 is 0 Å². The van der Waals surface area contributed by atoms with Gasteiger partial charge in [-0.15, -0.1) is 0 Å². The molecule has 6 heteroatoms. The molecule has 0 spiro atoms. The highest BCUT2D eigenvalue weighted by Gasteiger charge is 2.33. The minimum absolute atomic E-state index is 0.0372. The van der Waals surface area contributed by atoms with Crippen molar-refractivity contribution >= 4 is 17.7 Å². The number of hydrogen-bond acceptors (Lipinski definition) is 4. The molecule has 0 radical (unpaired) electrons. The monoisotopic (exact) mass is 300 g/mol. The summed E-state index contributed by atoms with van der Waals surface area (Å²) in [7, 11) is 0. The van der Waals surface area contributed by atoms with Gasteiger partial charge in [-0.05, 0) is 43.0 Å². The number of Topliss-reactive ketones (excluding diaryl/α,β-unsaturated/α-hetero) is 1. The number of ketones is 1. The number of nitrogens with zero attached hydrogens (tertiary/aromatic N) is 1. The van der Waals surface area contributed by atoms with Crippen LogP contribution in [0, 0.1) is 17.2 Å². The Balaban J connectivity index is 2.09. The maximum atomic E-state index is 12.1. The van der Waals surface area contributed by atoms with E-state index in [1.807, 2.05) is 6.07 Å². The van der Waals surface area contributed by atoms with E-state index in [-0.39, 0.29) is 23.7 Å². The summed E-state index contributed by atoms with van der Waals surface area (Å²) < 4.78 is 0. The van der Waals surface area contributed by atoms with Crippen molar-refractivity contribution in [2.45, 2.75) is 31.7 Å². The molecule has 114 valence electrons. The first-order valence-corrected chi connectivity index (χ1v) is 7.07. The Labute approximate surface area is 127 Å². The van der Waals surface area contributed by atoms with Crippen LogP contribution >= 0.6 is 0 Å². The number of carboxylic acids is 1. The number of carbonyl (C=O) groups is 3. The molecule has 1 aromatic rings. The molecule has 0 heterocycles. The van der Waals surface area contributed by atoms with E-state index in [1.165, 1.54) is 24.3 Å². The highest BCUT2D eigenvalue weighted by atomic mass is 16.4. The minimum atomic E-state index is -1.14. The molecule has 0 aliphatic heterocycles. The van der Waals surface area contributed by atoms with Crippen LogP contribution in [0.2, 0.25) is 0 Å². The molecule has 22 heavy (non-hydrogen) atoms. The highest BCUT2D eigenvalue weighted by Crippen LogP contribution is 2.24. The number of amides is 1. The summed E-state index contributed by atoms with van der Waals surface area (Å²) in [5, 5.41) is 20.5. The molecule has 0 bridgehead atoms. The number of rotatable bonds is 4. The summed E-state index contributed by atoms with van der Waals surface area (Å²) >= 11 is 0. The molecule has 0 aromatic heterocycles. The van der Waals surface area contributed by atoms with Gasteiger partial charge >= 0.3 is 5.97 Å². The van der Waals surface area contributed by atoms with Gasteiger partial charge in [0, 0.05) is 18.4 Å². The van der Waals surface area contributed by atoms with Crippen LogP contribution in [0.25, 0.3) is 0 Å². The molecule has 0 unspecified atom stereocenters. The van der Waals surface area contributed by atoms with Gasteiger partial charge in [0.15, 0.2) is 0 Å². The van der Waals surface area contributed by atoms with Crippen molar-refractivity contribution in [1.29, 1.82) is 5.26 Å². The van der Waals surface area contributed by atoms with Crippen LogP contribution in [0.4, 0.5) is 0 Å². The van der Waals surface area contributed by atoms with E-state index in [1.54, 1.807) is 0 Å². The second-order valence-electron chi connectivity index (χ2n) is 5.37. The molecule has 1 aromatic carbocycles. The van der Waals surface area contributed by atoms with Gasteiger partial charge in [0.1, 0.15) is 11.8 Å². The lowest BCUT2D eigenvalue weighted by Gasteiger charge is -2.27. The first-order chi connectivity index (χ1) is 10.5. The van der Waals surface area contributed by atoms with E-state index in [4.69, 9.17) is 5.26 Å². The molecular formula is C16H16N2O4. The molecule has 6 nitrogen and oxygen atoms in total. The Kier molecular flexibility index (Phi) is 4.89. The molecule has 1 saturated carbocycles. The number of benzene rings is 1. The van der Waals surface area contributed by atoms with Gasteiger partial charge < -0.3 is 10.4 Å². The average Bonchev–Trinajstić information content (AvgIpc) is 2.52. The molecule has 1 aliphatic carbocycles. The maximum Gasteiger partial charge on any atom is 0.326 e. The van der Waals surface area contributed by atoms with Crippen LogP contribution < -0.4 is 5.32 Å². The van der Waals surface area contributed by atoms with Crippen LogP contribution in [0.15, 0.2) is 24.3 Å². The van der Waals surface area contributed by atoms with E-state index in [2.05, 4.69) is 5.32 Å². The van der Waals surface area contributed by atoms with Crippen LogP contribution in [0.5, 0.6) is 0 Å². The fraction of sp³-hybridized carbons (Fsp3) is 0.375. The van der Waals surface area contributed by atoms with Crippen molar-refractivity contribution in [1.82, 2.24) is 5.32 Å². The van der Waals surface area contributed by atoms with Crippen molar-refractivity contribution in [3.05, 3.63) is 35.4 Å². The number of nitrogens with one attached hydrogen (secondary N) is 1. The standard InChI is InChI=1S/C16H16N2O4/c17-9-10-4-6-11(7-5-10)15(20)18-14(16(21)22)12-2-1-3-13(19)8-12/h4-7,12,14H,1-3,8H2,(H,18,20)(H,21,22)/t12-,14-/m1/s1. The molecule has 1 aliphatic rings. The third-order valence-electron chi connectivity index (χ3n) is 3.82. The zero-order chi connectivity index (χ0) is 16.1. The summed E-state index contributed by atoms with van der Waals surface area (Å²) in [5.74, 6) is -1.99. The Bertz CT molecular complexity index is 631. The van der Waals surface area contributed by atoms with Crippen molar-refractivity contribution in [3.63, 3.8) is 0 Å². The average molecular weight is 300 g/mol. The van der Waals surface area contributed by atoms with Gasteiger partial charge in [0.05, 0.1) is 11.6 Å². The van der Waals surface area contributed by atoms with Gasteiger partial charge in [-0.3, -0.25) is 9.59 Å². The number of carbonyl (C=O) groups excluding carboxylic acids is 2. The molecular weight excluding hydrogens is 284 g/mol. The molecule has 2 N–H and O–H groups in total. The van der Waals surface area contributed by atoms with Gasteiger partial charge in [-0.1, -0.05) is 0 Å². The molecule has 1 amide bonds. The zero-order valence-corrected chi connectivity index (χ0v) is 11.9. The Morgan fingerprint density at radius 2 is 2.00 bits per heavy atom. The number of nitriles is 1. The zero-order valence-electron chi connectivity index (χ0n) is 11.9. The van der Waals surface area contributed by atoms with E-state index in [0.29, 0.717) is 24.8 Å². The molecule has 2 atom stereocenters. The Hall–Kier alpha value is -2.68. The normalized spacial score (nSPS) is 19.0. The third kappa shape index (κ3) is 3.70. The molecule has 2 rings (SSSR count). The summed E-state index contributed by atoms with van der Waals surface area (Å²) in [6, 6.07) is 6.80. The summed E-state index contributed by atoms with van der Waals surface area (Å²) in [4.78, 5) is 35.0. The predicted octanol–water partition coefficient (Wildman–Crippen LogP) is 1.50. The van der Waals surface area contributed by atoms with Gasteiger partial charge in [-0.25, -0.2) is 4.79 Å². The van der Waals surface area contributed by atoms with Crippen molar-refractivity contribution in [2.24, 2.45) is 5.92 Å². The summed E-state index contributed by atoms with van der Waals surface area (Å²) in [6.45, 7) is 0. The lowest BCUT2D eigenvalue weighted by Crippen LogP contribution is -2.47. The third-order valence-corrected chi connectivity index (χ3v) is 3.82. The maximum absolute atomic E-state index is 12.1. The van der Waals surface area contributed by atoms with Crippen molar-refractivity contribution in [2.75, 3.05) is 0 Å². The second-order valence-corrected chi connectivity index (χ2v) is 5.37. The summed E-state index contributed by atoms with van der Waals surface area (Å²) in [6.07, 6.45) is 1.92. The van der Waals surface area contributed by atoms with Crippen molar-refractivity contribution < 1.29 is 19.5 Å². The van der Waals surface area contributed by atoms with Gasteiger partial charge in [0.25, 0.3) is 5.91 Å². The fourth-order valence-corrected chi connectivity index (χ4v) is 2.64. The second kappa shape index (κ2) is 6.85. The smallest absolute Gasteiger partial charge is 0.326 e. The number of hydrogen-bond donors (Lipinski definition) is 2. The largest absolute Gasteiger partial charge is 0.480 e. The van der Waals surface area contributed by atoms with Crippen LogP contribution in [-0.4, -0.2) is 28.8 Å². The summed E-state index contributed by atoms with van der Waals surface area (Å²) in [5.41, 5.74) is 0.705. The number of carboxylic acid groups (broad SMARTS) is 1. The van der Waals surface area contributed by atoms with E-state index < -0.39 is 17.9 Å². The van der Waals surface area contributed by atoms with Crippen LogP contribution in [0.1, 0.15) is 41.6 Å². The molecule has 0 saturated heterocycles. The van der Waals surface area contributed by atoms with Crippen LogP contribution in [-0.2, 0) is 9.59 Å². The lowest BCUT2D eigenvalue weighted by molar-refractivity contribution is -0.141. The lowest BCUT2D eigenvalue weighted by atomic mass is 9.83. The minimum Gasteiger partial charge on any atom is -0.480 e. The fourth-order valence-electron chi connectivity index (χ4n) is 2.64. The topological polar surface area (TPSA) is 107 Å².